The van der Waals surface area contributed by atoms with Crippen molar-refractivity contribution in [2.24, 2.45) is 0 Å². The second kappa shape index (κ2) is 6.44. The molecule has 0 bridgehead atoms. The first kappa shape index (κ1) is 16.0. The van der Waals surface area contributed by atoms with E-state index in [2.05, 4.69) is 32.0 Å². The van der Waals surface area contributed by atoms with Crippen LogP contribution in [-0.2, 0) is 6.54 Å². The van der Waals surface area contributed by atoms with Crippen LogP contribution in [0.25, 0.3) is 22.4 Å². The van der Waals surface area contributed by atoms with Crippen LogP contribution in [-0.4, -0.2) is 20.6 Å². The van der Waals surface area contributed by atoms with Crippen molar-refractivity contribution in [1.29, 1.82) is 0 Å². The first-order valence-corrected chi connectivity index (χ1v) is 8.22. The van der Waals surface area contributed by atoms with Crippen LogP contribution in [0.3, 0.4) is 0 Å². The highest BCUT2D eigenvalue weighted by atomic mass is 16.4. The number of hydrogen-bond acceptors (Lipinski definition) is 6. The van der Waals surface area contributed by atoms with Crippen LogP contribution in [0.4, 0.5) is 5.69 Å². The molecule has 0 saturated heterocycles. The fourth-order valence-corrected chi connectivity index (χ4v) is 2.93. The molecule has 7 nitrogen and oxygen atoms in total. The largest absolute Gasteiger partial charge is 0.423 e. The lowest BCUT2D eigenvalue weighted by Gasteiger charge is -2.12. The molecule has 2 aromatic heterocycles. The average Bonchev–Trinajstić information content (AvgIpc) is 3.16. The quantitative estimate of drug-likeness (QED) is 0.550. The van der Waals surface area contributed by atoms with Gasteiger partial charge in [0.1, 0.15) is 5.58 Å². The summed E-state index contributed by atoms with van der Waals surface area (Å²) >= 11 is 0. The first-order valence-electron chi connectivity index (χ1n) is 8.22. The predicted octanol–water partition coefficient (Wildman–Crippen LogP) is 3.20. The fourth-order valence-electron chi connectivity index (χ4n) is 2.93. The molecular weight excluding hydrogens is 330 g/mol. The van der Waals surface area contributed by atoms with Gasteiger partial charge < -0.3 is 9.73 Å². The monoisotopic (exact) mass is 347 g/mol. The highest BCUT2D eigenvalue weighted by molar-refractivity contribution is 5.82. The van der Waals surface area contributed by atoms with E-state index in [0.717, 1.165) is 33.3 Å². The van der Waals surface area contributed by atoms with Crippen molar-refractivity contribution in [2.75, 3.05) is 5.32 Å². The Balaban J connectivity index is 1.72. The van der Waals surface area contributed by atoms with Crippen molar-refractivity contribution >= 4 is 16.7 Å². The number of rotatable bonds is 4. The Morgan fingerprint density at radius 1 is 1.12 bits per heavy atom. The molecular formula is C19H17N5O2. The number of H-pyrrole nitrogens is 1. The van der Waals surface area contributed by atoms with Crippen molar-refractivity contribution in [3.05, 3.63) is 69.6 Å². The van der Waals surface area contributed by atoms with E-state index in [1.165, 1.54) is 6.07 Å². The van der Waals surface area contributed by atoms with E-state index in [1.54, 1.807) is 0 Å². The second-order valence-electron chi connectivity index (χ2n) is 6.16. The lowest BCUT2D eigenvalue weighted by molar-refractivity contribution is 0.559. The minimum atomic E-state index is -0.357. The highest BCUT2D eigenvalue weighted by Crippen LogP contribution is 2.26. The molecule has 0 saturated carbocycles. The zero-order chi connectivity index (χ0) is 18.1. The Bertz CT molecular complexity index is 1130. The molecule has 0 aliphatic carbocycles. The zero-order valence-electron chi connectivity index (χ0n) is 14.4. The lowest BCUT2D eigenvalue weighted by Crippen LogP contribution is -2.07. The Labute approximate surface area is 149 Å². The molecule has 0 unspecified atom stereocenters. The number of para-hydroxylation sites is 1. The van der Waals surface area contributed by atoms with Gasteiger partial charge in [-0.1, -0.05) is 12.1 Å². The highest BCUT2D eigenvalue weighted by Gasteiger charge is 2.11. The molecule has 0 atom stereocenters. The van der Waals surface area contributed by atoms with Gasteiger partial charge in [-0.05, 0) is 60.0 Å². The zero-order valence-corrected chi connectivity index (χ0v) is 14.4. The molecule has 4 aromatic rings. The summed E-state index contributed by atoms with van der Waals surface area (Å²) in [4.78, 5) is 11.9. The topological polar surface area (TPSA) is 96.7 Å². The maximum absolute atomic E-state index is 11.9. The minimum absolute atomic E-state index is 0.357. The number of anilines is 1. The summed E-state index contributed by atoms with van der Waals surface area (Å²) in [6.07, 6.45) is 0. The normalized spacial score (nSPS) is 11.0. The summed E-state index contributed by atoms with van der Waals surface area (Å²) < 4.78 is 5.36. The number of aromatic amines is 1. The van der Waals surface area contributed by atoms with Gasteiger partial charge in [0.2, 0.25) is 5.82 Å². The Hall–Kier alpha value is -3.48. The van der Waals surface area contributed by atoms with Crippen molar-refractivity contribution in [2.45, 2.75) is 20.4 Å². The first-order chi connectivity index (χ1) is 12.6. The van der Waals surface area contributed by atoms with Gasteiger partial charge in [-0.25, -0.2) is 4.79 Å². The standard InChI is InChI=1S/C19H17N5O2/c1-11-7-15-13(9-18(25)26-17(15)8-12(11)2)10-20-16-6-4-3-5-14(16)19-21-23-24-22-19/h3-9,20H,10H2,1-2H3,(H,21,22,23,24). The van der Waals surface area contributed by atoms with Crippen LogP contribution in [0.2, 0.25) is 0 Å². The molecule has 2 aromatic carbocycles. The third-order valence-corrected chi connectivity index (χ3v) is 4.43. The second-order valence-corrected chi connectivity index (χ2v) is 6.16. The van der Waals surface area contributed by atoms with Gasteiger partial charge in [0.25, 0.3) is 0 Å². The van der Waals surface area contributed by atoms with Crippen LogP contribution in [0, 0.1) is 13.8 Å². The molecule has 0 amide bonds. The van der Waals surface area contributed by atoms with Crippen molar-refractivity contribution < 1.29 is 4.42 Å². The van der Waals surface area contributed by atoms with Gasteiger partial charge in [-0.2, -0.15) is 5.21 Å². The van der Waals surface area contributed by atoms with Gasteiger partial charge >= 0.3 is 5.63 Å². The number of aromatic nitrogens is 4. The van der Waals surface area contributed by atoms with E-state index in [0.29, 0.717) is 18.0 Å². The maximum atomic E-state index is 11.9. The number of fused-ring (bicyclic) bond motifs is 1. The molecule has 0 aliphatic rings. The molecule has 0 aliphatic heterocycles. The number of tetrazole rings is 1. The number of nitrogens with zero attached hydrogens (tertiary/aromatic N) is 3. The number of hydrogen-bond donors (Lipinski definition) is 2. The van der Waals surface area contributed by atoms with E-state index in [9.17, 15) is 4.79 Å². The Kier molecular flexibility index (Phi) is 3.96. The predicted molar refractivity (Wildman–Crippen MR) is 98.9 cm³/mol. The molecule has 2 heterocycles. The summed E-state index contributed by atoms with van der Waals surface area (Å²) in [5.41, 5.74) is 5.06. The molecule has 26 heavy (non-hydrogen) atoms. The Morgan fingerprint density at radius 2 is 1.92 bits per heavy atom. The lowest BCUT2D eigenvalue weighted by atomic mass is 10.0. The van der Waals surface area contributed by atoms with E-state index in [-0.39, 0.29) is 5.63 Å². The van der Waals surface area contributed by atoms with Crippen LogP contribution in [0.1, 0.15) is 16.7 Å². The molecule has 0 radical (unpaired) electrons. The van der Waals surface area contributed by atoms with Crippen LogP contribution in [0.15, 0.2) is 51.7 Å². The van der Waals surface area contributed by atoms with Crippen LogP contribution in [0.5, 0.6) is 0 Å². The van der Waals surface area contributed by atoms with Gasteiger partial charge in [0.05, 0.1) is 0 Å². The number of nitrogens with one attached hydrogen (secondary N) is 2. The van der Waals surface area contributed by atoms with Crippen molar-refractivity contribution in [3.8, 4) is 11.4 Å². The minimum Gasteiger partial charge on any atom is -0.423 e. The summed E-state index contributed by atoms with van der Waals surface area (Å²) in [5, 5.41) is 18.4. The van der Waals surface area contributed by atoms with E-state index >= 15 is 0 Å². The van der Waals surface area contributed by atoms with Crippen molar-refractivity contribution in [3.63, 3.8) is 0 Å². The van der Waals surface area contributed by atoms with Gasteiger partial charge in [0.15, 0.2) is 0 Å². The summed E-state index contributed by atoms with van der Waals surface area (Å²) in [6.45, 7) is 4.52. The summed E-state index contributed by atoms with van der Waals surface area (Å²) in [7, 11) is 0. The van der Waals surface area contributed by atoms with Crippen molar-refractivity contribution in [1.82, 2.24) is 20.6 Å². The Morgan fingerprint density at radius 3 is 2.73 bits per heavy atom. The van der Waals surface area contributed by atoms with E-state index < -0.39 is 0 Å². The van der Waals surface area contributed by atoms with E-state index in [1.807, 2.05) is 44.2 Å². The molecule has 2 N–H and O–H groups in total. The molecule has 0 fully saturated rings. The third kappa shape index (κ3) is 2.95. The molecule has 0 spiro atoms. The fraction of sp³-hybridized carbons (Fsp3) is 0.158. The number of aryl methyl sites for hydroxylation is 2. The molecule has 4 rings (SSSR count). The summed E-state index contributed by atoms with van der Waals surface area (Å²) in [6, 6.07) is 13.2. The van der Waals surface area contributed by atoms with Crippen LogP contribution < -0.4 is 10.9 Å². The third-order valence-electron chi connectivity index (χ3n) is 4.43. The smallest absolute Gasteiger partial charge is 0.336 e. The van der Waals surface area contributed by atoms with E-state index in [4.69, 9.17) is 4.42 Å². The maximum Gasteiger partial charge on any atom is 0.336 e. The van der Waals surface area contributed by atoms with Crippen LogP contribution >= 0.6 is 0 Å². The SMILES string of the molecule is Cc1cc2oc(=O)cc(CNc3ccccc3-c3nn[nH]n3)c2cc1C. The molecule has 7 heteroatoms. The number of benzene rings is 2. The molecule has 130 valence electrons. The van der Waals surface area contributed by atoms with Gasteiger partial charge in [-0.15, -0.1) is 10.2 Å². The summed E-state index contributed by atoms with van der Waals surface area (Å²) in [5.74, 6) is 0.511. The average molecular weight is 347 g/mol. The van der Waals surface area contributed by atoms with Gasteiger partial charge in [-0.3, -0.25) is 0 Å². The van der Waals surface area contributed by atoms with Gasteiger partial charge in [0, 0.05) is 29.2 Å².